The van der Waals surface area contributed by atoms with Gasteiger partial charge in [-0.1, -0.05) is 24.3 Å². The fourth-order valence-electron chi connectivity index (χ4n) is 1.70. The first kappa shape index (κ1) is 11.9. The van der Waals surface area contributed by atoms with Crippen LogP contribution in [0.1, 0.15) is 0 Å². The van der Waals surface area contributed by atoms with E-state index >= 15 is 0 Å². The van der Waals surface area contributed by atoms with E-state index < -0.39 is 0 Å². The lowest BCUT2D eigenvalue weighted by atomic mass is 10.1. The first-order valence-corrected chi connectivity index (χ1v) is 5.72. The zero-order chi connectivity index (χ0) is 13.9. The van der Waals surface area contributed by atoms with Gasteiger partial charge in [0.1, 0.15) is 12.7 Å². The Labute approximate surface area is 114 Å². The van der Waals surface area contributed by atoms with E-state index in [9.17, 15) is 0 Å². The molecule has 0 aliphatic carbocycles. The molecule has 0 aliphatic rings. The van der Waals surface area contributed by atoms with Crippen molar-refractivity contribution < 1.29 is 0 Å². The average molecular weight is 266 g/mol. The number of hydrogen-bond acceptors (Lipinski definition) is 8. The van der Waals surface area contributed by atoms with Crippen LogP contribution >= 0.6 is 0 Å². The normalized spacial score (nSPS) is 10.4. The molecule has 98 valence electrons. The lowest BCUT2D eigenvalue weighted by Gasteiger charge is -2.03. The van der Waals surface area contributed by atoms with Crippen molar-refractivity contribution in [3.63, 3.8) is 0 Å². The highest BCUT2D eigenvalue weighted by Crippen LogP contribution is 2.20. The number of benzene rings is 1. The van der Waals surface area contributed by atoms with Crippen LogP contribution in [0.2, 0.25) is 0 Å². The van der Waals surface area contributed by atoms with Gasteiger partial charge >= 0.3 is 0 Å². The van der Waals surface area contributed by atoms with Crippen molar-refractivity contribution >= 4 is 11.9 Å². The van der Waals surface area contributed by atoms with Crippen molar-refractivity contribution in [2.75, 3.05) is 11.5 Å². The summed E-state index contributed by atoms with van der Waals surface area (Å²) in [5.41, 5.74) is 12.7. The molecule has 1 aromatic carbocycles. The lowest BCUT2D eigenvalue weighted by molar-refractivity contribution is 1.05. The molecule has 0 saturated carbocycles. The van der Waals surface area contributed by atoms with Crippen molar-refractivity contribution in [2.45, 2.75) is 0 Å². The summed E-state index contributed by atoms with van der Waals surface area (Å²) in [6.45, 7) is 0. The van der Waals surface area contributed by atoms with Crippen LogP contribution < -0.4 is 11.5 Å². The Morgan fingerprint density at radius 2 is 1.15 bits per heavy atom. The van der Waals surface area contributed by atoms with Crippen LogP contribution in [0.15, 0.2) is 36.9 Å². The van der Waals surface area contributed by atoms with Crippen LogP contribution in [0, 0.1) is 0 Å². The van der Waals surface area contributed by atoms with E-state index in [1.165, 1.54) is 12.7 Å². The SMILES string of the molecule is Nc1nc(N)nc(-c2ccc(-c3ncncn3)cc2)n1. The second kappa shape index (κ2) is 4.84. The van der Waals surface area contributed by atoms with Crippen LogP contribution in [0.5, 0.6) is 0 Å². The van der Waals surface area contributed by atoms with Gasteiger partial charge in [-0.05, 0) is 0 Å². The van der Waals surface area contributed by atoms with Crippen LogP contribution in [-0.4, -0.2) is 29.9 Å². The number of nitrogen functional groups attached to an aromatic ring is 2. The summed E-state index contributed by atoms with van der Waals surface area (Å²) in [6, 6.07) is 7.41. The minimum atomic E-state index is 0.0917. The van der Waals surface area contributed by atoms with Gasteiger partial charge in [-0.3, -0.25) is 0 Å². The molecule has 0 unspecified atom stereocenters. The van der Waals surface area contributed by atoms with Crippen molar-refractivity contribution in [1.29, 1.82) is 0 Å². The molecule has 0 aliphatic heterocycles. The largest absolute Gasteiger partial charge is 0.368 e. The first-order valence-electron chi connectivity index (χ1n) is 5.72. The Balaban J connectivity index is 1.97. The summed E-state index contributed by atoms with van der Waals surface area (Å²) in [5.74, 6) is 1.21. The van der Waals surface area contributed by atoms with Crippen molar-refractivity contribution in [2.24, 2.45) is 0 Å². The second-order valence-electron chi connectivity index (χ2n) is 3.91. The summed E-state index contributed by atoms with van der Waals surface area (Å²) in [7, 11) is 0. The van der Waals surface area contributed by atoms with E-state index in [2.05, 4.69) is 29.9 Å². The maximum Gasteiger partial charge on any atom is 0.225 e. The molecule has 2 aromatic heterocycles. The Morgan fingerprint density at radius 3 is 1.70 bits per heavy atom. The predicted molar refractivity (Wildman–Crippen MR) is 72.9 cm³/mol. The highest BCUT2D eigenvalue weighted by atomic mass is 15.1. The van der Waals surface area contributed by atoms with Crippen LogP contribution in [0.4, 0.5) is 11.9 Å². The van der Waals surface area contributed by atoms with Gasteiger partial charge in [-0.2, -0.15) is 15.0 Å². The molecule has 20 heavy (non-hydrogen) atoms. The number of anilines is 2. The monoisotopic (exact) mass is 266 g/mol. The molecular weight excluding hydrogens is 256 g/mol. The molecule has 2 heterocycles. The average Bonchev–Trinajstić information content (AvgIpc) is 2.47. The molecule has 4 N–H and O–H groups in total. The second-order valence-corrected chi connectivity index (χ2v) is 3.91. The molecule has 0 saturated heterocycles. The van der Waals surface area contributed by atoms with Gasteiger partial charge in [0.05, 0.1) is 0 Å². The Morgan fingerprint density at radius 1 is 0.650 bits per heavy atom. The Kier molecular flexibility index (Phi) is 2.88. The van der Waals surface area contributed by atoms with E-state index in [1.54, 1.807) is 0 Å². The summed E-state index contributed by atoms with van der Waals surface area (Å²) in [4.78, 5) is 23.7. The number of rotatable bonds is 2. The van der Waals surface area contributed by atoms with Gasteiger partial charge in [0.25, 0.3) is 0 Å². The maximum atomic E-state index is 5.55. The quantitative estimate of drug-likeness (QED) is 0.688. The van der Waals surface area contributed by atoms with E-state index in [0.29, 0.717) is 11.6 Å². The van der Waals surface area contributed by atoms with Gasteiger partial charge < -0.3 is 11.5 Å². The third kappa shape index (κ3) is 2.34. The van der Waals surface area contributed by atoms with E-state index in [0.717, 1.165) is 11.1 Å². The molecule has 0 amide bonds. The summed E-state index contributed by atoms with van der Waals surface area (Å²) < 4.78 is 0. The van der Waals surface area contributed by atoms with E-state index in [4.69, 9.17) is 11.5 Å². The number of hydrogen-bond donors (Lipinski definition) is 2. The number of nitrogens with two attached hydrogens (primary N) is 2. The number of aromatic nitrogens is 6. The van der Waals surface area contributed by atoms with Gasteiger partial charge in [0.2, 0.25) is 11.9 Å². The van der Waals surface area contributed by atoms with E-state index in [1.807, 2.05) is 24.3 Å². The fourth-order valence-corrected chi connectivity index (χ4v) is 1.70. The topological polar surface area (TPSA) is 129 Å². The fraction of sp³-hybridized carbons (Fsp3) is 0. The third-order valence-electron chi connectivity index (χ3n) is 2.56. The van der Waals surface area contributed by atoms with Crippen molar-refractivity contribution in [3.05, 3.63) is 36.9 Å². The molecule has 0 fully saturated rings. The standard InChI is InChI=1S/C12H10N8/c13-11-18-10(19-12(14)20-11)8-3-1-7(2-4-8)9-16-5-15-6-17-9/h1-6H,(H4,13,14,18,19,20). The minimum Gasteiger partial charge on any atom is -0.368 e. The Bertz CT molecular complexity index is 706. The van der Waals surface area contributed by atoms with Gasteiger partial charge in [0, 0.05) is 11.1 Å². The zero-order valence-corrected chi connectivity index (χ0v) is 10.3. The van der Waals surface area contributed by atoms with Crippen LogP contribution in [0.3, 0.4) is 0 Å². The molecule has 0 spiro atoms. The van der Waals surface area contributed by atoms with Crippen molar-refractivity contribution in [1.82, 2.24) is 29.9 Å². The van der Waals surface area contributed by atoms with E-state index in [-0.39, 0.29) is 11.9 Å². The first-order chi connectivity index (χ1) is 9.72. The lowest BCUT2D eigenvalue weighted by Crippen LogP contribution is -2.04. The van der Waals surface area contributed by atoms with Gasteiger partial charge in [0.15, 0.2) is 11.6 Å². The third-order valence-corrected chi connectivity index (χ3v) is 2.56. The molecule has 3 rings (SSSR count). The molecular formula is C12H10N8. The highest BCUT2D eigenvalue weighted by molar-refractivity contribution is 5.63. The summed E-state index contributed by atoms with van der Waals surface area (Å²) in [5, 5.41) is 0. The van der Waals surface area contributed by atoms with Crippen LogP contribution in [0.25, 0.3) is 22.8 Å². The number of nitrogens with zero attached hydrogens (tertiary/aromatic N) is 6. The zero-order valence-electron chi connectivity index (χ0n) is 10.3. The van der Waals surface area contributed by atoms with Gasteiger partial charge in [-0.15, -0.1) is 0 Å². The minimum absolute atomic E-state index is 0.0917. The summed E-state index contributed by atoms with van der Waals surface area (Å²) >= 11 is 0. The maximum absolute atomic E-state index is 5.55. The molecule has 0 radical (unpaired) electrons. The summed E-state index contributed by atoms with van der Waals surface area (Å²) in [6.07, 6.45) is 2.90. The molecule has 0 atom stereocenters. The predicted octanol–water partition coefficient (Wildman–Crippen LogP) is 0.555. The highest BCUT2D eigenvalue weighted by Gasteiger charge is 2.06. The molecule has 0 bridgehead atoms. The molecule has 8 nitrogen and oxygen atoms in total. The van der Waals surface area contributed by atoms with Crippen LogP contribution in [-0.2, 0) is 0 Å². The van der Waals surface area contributed by atoms with Crippen molar-refractivity contribution in [3.8, 4) is 22.8 Å². The Hall–Kier alpha value is -3.16. The van der Waals surface area contributed by atoms with Gasteiger partial charge in [-0.25, -0.2) is 15.0 Å². The molecule has 3 aromatic rings. The smallest absolute Gasteiger partial charge is 0.225 e. The molecule has 8 heteroatoms.